The van der Waals surface area contributed by atoms with Crippen molar-refractivity contribution in [2.75, 3.05) is 13.1 Å². The fraction of sp³-hybridized carbons (Fsp3) is 0.571. The Kier molecular flexibility index (Phi) is 2.70. The van der Waals surface area contributed by atoms with Gasteiger partial charge in [0.1, 0.15) is 0 Å². The average Bonchev–Trinajstić information content (AvgIpc) is 3.06. The maximum atomic E-state index is 6.22. The minimum absolute atomic E-state index is 0.413. The van der Waals surface area contributed by atoms with Crippen LogP contribution in [0.4, 0.5) is 0 Å². The van der Waals surface area contributed by atoms with E-state index in [-0.39, 0.29) is 0 Å². The van der Waals surface area contributed by atoms with Gasteiger partial charge in [0.05, 0.1) is 0 Å². The van der Waals surface area contributed by atoms with Crippen molar-refractivity contribution >= 4 is 0 Å². The Bertz CT molecular complexity index is 345. The summed E-state index contributed by atoms with van der Waals surface area (Å²) in [5.74, 6) is 1.71. The SMILES string of the molecule is N[C@H]1CN(Cc2ccccc2)C[C@@H]1C1CC1. The first-order valence-corrected chi connectivity index (χ1v) is 6.35. The zero-order valence-electron chi connectivity index (χ0n) is 9.68. The van der Waals surface area contributed by atoms with Gasteiger partial charge in [0, 0.05) is 25.7 Å². The van der Waals surface area contributed by atoms with Gasteiger partial charge in [0.2, 0.25) is 0 Å². The largest absolute Gasteiger partial charge is 0.326 e. The van der Waals surface area contributed by atoms with Crippen LogP contribution in [0.5, 0.6) is 0 Å². The molecule has 2 fully saturated rings. The molecule has 1 aromatic carbocycles. The third-order valence-corrected chi connectivity index (χ3v) is 3.96. The Morgan fingerprint density at radius 3 is 2.56 bits per heavy atom. The molecule has 1 aromatic rings. The summed E-state index contributed by atoms with van der Waals surface area (Å²) in [7, 11) is 0. The van der Waals surface area contributed by atoms with Crippen molar-refractivity contribution in [2.45, 2.75) is 25.4 Å². The summed E-state index contributed by atoms with van der Waals surface area (Å²) in [5, 5.41) is 0. The standard InChI is InChI=1S/C14H20N2/c15-14-10-16(9-13(14)12-6-7-12)8-11-4-2-1-3-5-11/h1-5,12-14H,6-10,15H2/t13-,14+/m1/s1. The van der Waals surface area contributed by atoms with Crippen LogP contribution < -0.4 is 5.73 Å². The van der Waals surface area contributed by atoms with Crippen molar-refractivity contribution in [3.05, 3.63) is 35.9 Å². The van der Waals surface area contributed by atoms with Crippen LogP contribution in [0.15, 0.2) is 30.3 Å². The molecule has 1 aliphatic carbocycles. The molecule has 2 nitrogen and oxygen atoms in total. The summed E-state index contributed by atoms with van der Waals surface area (Å²) in [6.07, 6.45) is 2.83. The van der Waals surface area contributed by atoms with E-state index in [1.165, 1.54) is 24.9 Å². The number of nitrogens with two attached hydrogens (primary N) is 1. The van der Waals surface area contributed by atoms with Gasteiger partial charge in [-0.3, -0.25) is 4.90 Å². The second-order valence-corrected chi connectivity index (χ2v) is 5.34. The zero-order valence-corrected chi connectivity index (χ0v) is 9.68. The Balaban J connectivity index is 1.61. The zero-order chi connectivity index (χ0) is 11.0. The van der Waals surface area contributed by atoms with Crippen LogP contribution in [0.3, 0.4) is 0 Å². The summed E-state index contributed by atoms with van der Waals surface area (Å²) in [4.78, 5) is 2.52. The lowest BCUT2D eigenvalue weighted by molar-refractivity contribution is 0.310. The summed E-state index contributed by atoms with van der Waals surface area (Å²) in [6.45, 7) is 3.36. The summed E-state index contributed by atoms with van der Waals surface area (Å²) in [5.41, 5.74) is 7.63. The van der Waals surface area contributed by atoms with Crippen molar-refractivity contribution in [3.8, 4) is 0 Å². The van der Waals surface area contributed by atoms with Crippen LogP contribution in [0.25, 0.3) is 0 Å². The number of likely N-dealkylation sites (tertiary alicyclic amines) is 1. The van der Waals surface area contributed by atoms with Crippen LogP contribution in [0.2, 0.25) is 0 Å². The van der Waals surface area contributed by atoms with Crippen molar-refractivity contribution in [1.82, 2.24) is 4.90 Å². The molecule has 0 unspecified atom stereocenters. The predicted octanol–water partition coefficient (Wildman–Crippen LogP) is 1.86. The highest BCUT2D eigenvalue weighted by Gasteiger charge is 2.40. The number of hydrogen-bond donors (Lipinski definition) is 1. The molecule has 2 atom stereocenters. The third-order valence-electron chi connectivity index (χ3n) is 3.96. The molecule has 3 rings (SSSR count). The van der Waals surface area contributed by atoms with Gasteiger partial charge in [-0.25, -0.2) is 0 Å². The molecule has 0 spiro atoms. The Morgan fingerprint density at radius 2 is 1.88 bits per heavy atom. The van der Waals surface area contributed by atoms with Gasteiger partial charge in [0.15, 0.2) is 0 Å². The van der Waals surface area contributed by atoms with Crippen LogP contribution in [0.1, 0.15) is 18.4 Å². The monoisotopic (exact) mass is 216 g/mol. The first kappa shape index (κ1) is 10.3. The van der Waals surface area contributed by atoms with Gasteiger partial charge in [0.25, 0.3) is 0 Å². The minimum Gasteiger partial charge on any atom is -0.326 e. The van der Waals surface area contributed by atoms with E-state index >= 15 is 0 Å². The van der Waals surface area contributed by atoms with E-state index in [0.29, 0.717) is 6.04 Å². The van der Waals surface area contributed by atoms with Gasteiger partial charge >= 0.3 is 0 Å². The van der Waals surface area contributed by atoms with Gasteiger partial charge in [-0.1, -0.05) is 30.3 Å². The molecule has 1 saturated heterocycles. The molecule has 0 aromatic heterocycles. The molecule has 2 N–H and O–H groups in total. The lowest BCUT2D eigenvalue weighted by Gasteiger charge is -2.15. The maximum Gasteiger partial charge on any atom is 0.0234 e. The molecule has 0 radical (unpaired) electrons. The van der Waals surface area contributed by atoms with Gasteiger partial charge in [-0.2, -0.15) is 0 Å². The van der Waals surface area contributed by atoms with E-state index in [9.17, 15) is 0 Å². The van der Waals surface area contributed by atoms with Crippen LogP contribution in [-0.4, -0.2) is 24.0 Å². The van der Waals surface area contributed by atoms with E-state index in [4.69, 9.17) is 5.73 Å². The minimum atomic E-state index is 0.413. The molecule has 2 aliphatic rings. The quantitative estimate of drug-likeness (QED) is 0.835. The van der Waals surface area contributed by atoms with Crippen LogP contribution in [0, 0.1) is 11.8 Å². The van der Waals surface area contributed by atoms with Crippen LogP contribution >= 0.6 is 0 Å². The van der Waals surface area contributed by atoms with Crippen molar-refractivity contribution in [3.63, 3.8) is 0 Å². The van der Waals surface area contributed by atoms with E-state index in [0.717, 1.165) is 24.9 Å². The molecular formula is C14H20N2. The van der Waals surface area contributed by atoms with Gasteiger partial charge in [-0.15, -0.1) is 0 Å². The van der Waals surface area contributed by atoms with E-state index in [2.05, 4.69) is 35.2 Å². The first-order chi connectivity index (χ1) is 7.83. The normalized spacial score (nSPS) is 30.8. The summed E-state index contributed by atoms with van der Waals surface area (Å²) >= 11 is 0. The first-order valence-electron chi connectivity index (χ1n) is 6.35. The molecule has 2 heteroatoms. The summed E-state index contributed by atoms with van der Waals surface area (Å²) < 4.78 is 0. The number of hydrogen-bond acceptors (Lipinski definition) is 2. The Hall–Kier alpha value is -0.860. The highest BCUT2D eigenvalue weighted by molar-refractivity contribution is 5.15. The number of rotatable bonds is 3. The summed E-state index contributed by atoms with van der Waals surface area (Å²) in [6, 6.07) is 11.1. The lowest BCUT2D eigenvalue weighted by atomic mass is 9.99. The third kappa shape index (κ3) is 2.13. The molecule has 0 bridgehead atoms. The fourth-order valence-electron chi connectivity index (χ4n) is 2.94. The average molecular weight is 216 g/mol. The molecule has 86 valence electrons. The highest BCUT2D eigenvalue weighted by atomic mass is 15.2. The Morgan fingerprint density at radius 1 is 1.12 bits per heavy atom. The highest BCUT2D eigenvalue weighted by Crippen LogP contribution is 2.41. The molecule has 1 aliphatic heterocycles. The molecule has 1 heterocycles. The molecule has 16 heavy (non-hydrogen) atoms. The van der Waals surface area contributed by atoms with Crippen molar-refractivity contribution in [2.24, 2.45) is 17.6 Å². The van der Waals surface area contributed by atoms with E-state index in [1.807, 2.05) is 0 Å². The molecule has 0 amide bonds. The van der Waals surface area contributed by atoms with E-state index < -0.39 is 0 Å². The van der Waals surface area contributed by atoms with Crippen molar-refractivity contribution in [1.29, 1.82) is 0 Å². The smallest absolute Gasteiger partial charge is 0.0234 e. The van der Waals surface area contributed by atoms with Gasteiger partial charge < -0.3 is 5.73 Å². The second kappa shape index (κ2) is 4.19. The number of nitrogens with zero attached hydrogens (tertiary/aromatic N) is 1. The second-order valence-electron chi connectivity index (χ2n) is 5.34. The van der Waals surface area contributed by atoms with E-state index in [1.54, 1.807) is 0 Å². The predicted molar refractivity (Wildman–Crippen MR) is 65.9 cm³/mol. The lowest BCUT2D eigenvalue weighted by Crippen LogP contribution is -2.30. The van der Waals surface area contributed by atoms with Crippen molar-refractivity contribution < 1.29 is 0 Å². The fourth-order valence-corrected chi connectivity index (χ4v) is 2.94. The molecule has 1 saturated carbocycles. The van der Waals surface area contributed by atoms with Crippen LogP contribution in [-0.2, 0) is 6.54 Å². The maximum absolute atomic E-state index is 6.22. The molecular weight excluding hydrogens is 196 g/mol. The Labute approximate surface area is 97.4 Å². The van der Waals surface area contributed by atoms with Gasteiger partial charge in [-0.05, 0) is 30.2 Å². The topological polar surface area (TPSA) is 29.3 Å². The number of benzene rings is 1.